The number of nitro groups is 1. The number of benzene rings is 3. The Morgan fingerprint density at radius 3 is 2.39 bits per heavy atom. The maximum absolute atomic E-state index is 12.4. The van der Waals surface area contributed by atoms with Gasteiger partial charge in [-0.05, 0) is 47.5 Å². The fourth-order valence-corrected chi connectivity index (χ4v) is 3.10. The average molecular weight is 514 g/mol. The lowest BCUT2D eigenvalue weighted by atomic mass is 10.1. The molecule has 0 heterocycles. The molecule has 0 radical (unpaired) electrons. The Hall–Kier alpha value is -3.92. The van der Waals surface area contributed by atoms with Crippen LogP contribution in [0.25, 0.3) is 0 Å². The van der Waals surface area contributed by atoms with E-state index in [1.54, 1.807) is 18.2 Å². The van der Waals surface area contributed by atoms with Gasteiger partial charge in [0.05, 0.1) is 30.9 Å². The number of nitrogens with one attached hydrogen (secondary N) is 1. The molecule has 170 valence electrons. The van der Waals surface area contributed by atoms with Crippen molar-refractivity contribution >= 4 is 33.7 Å². The molecular formula is C23H20BrN3O6. The van der Waals surface area contributed by atoms with Crippen LogP contribution in [-0.4, -0.2) is 31.3 Å². The third-order valence-electron chi connectivity index (χ3n) is 4.51. The van der Waals surface area contributed by atoms with Gasteiger partial charge in [0.2, 0.25) is 0 Å². The molecule has 0 saturated heterocycles. The van der Waals surface area contributed by atoms with Crippen molar-refractivity contribution in [1.29, 1.82) is 0 Å². The molecular weight excluding hydrogens is 494 g/mol. The van der Waals surface area contributed by atoms with E-state index in [9.17, 15) is 14.9 Å². The van der Waals surface area contributed by atoms with Gasteiger partial charge in [0.25, 0.3) is 11.6 Å². The third-order valence-corrected chi connectivity index (χ3v) is 5.04. The summed E-state index contributed by atoms with van der Waals surface area (Å²) in [5.41, 5.74) is 3.77. The van der Waals surface area contributed by atoms with E-state index in [1.807, 2.05) is 24.3 Å². The molecule has 10 heteroatoms. The van der Waals surface area contributed by atoms with Crippen molar-refractivity contribution in [2.24, 2.45) is 5.10 Å². The van der Waals surface area contributed by atoms with E-state index in [2.05, 4.69) is 26.5 Å². The summed E-state index contributed by atoms with van der Waals surface area (Å²) < 4.78 is 17.3. The monoisotopic (exact) mass is 513 g/mol. The number of rotatable bonds is 9. The first kappa shape index (κ1) is 23.7. The van der Waals surface area contributed by atoms with Gasteiger partial charge in [0.1, 0.15) is 12.4 Å². The Kier molecular flexibility index (Phi) is 7.98. The SMILES string of the molecule is COc1cc(/C=N\NC(=O)c2cc([N+](=O)[O-])ccc2OC)ccc1OCc1ccc(Br)cc1. The molecule has 0 aliphatic heterocycles. The van der Waals surface area contributed by atoms with E-state index in [0.29, 0.717) is 23.7 Å². The largest absolute Gasteiger partial charge is 0.496 e. The topological polar surface area (TPSA) is 112 Å². The average Bonchev–Trinajstić information content (AvgIpc) is 2.83. The Morgan fingerprint density at radius 2 is 1.73 bits per heavy atom. The van der Waals surface area contributed by atoms with E-state index in [-0.39, 0.29) is 17.0 Å². The fourth-order valence-electron chi connectivity index (χ4n) is 2.84. The first-order valence-electron chi connectivity index (χ1n) is 9.62. The van der Waals surface area contributed by atoms with Gasteiger partial charge in [-0.2, -0.15) is 5.10 Å². The number of halogens is 1. The van der Waals surface area contributed by atoms with Crippen LogP contribution in [0.5, 0.6) is 17.2 Å². The van der Waals surface area contributed by atoms with Crippen LogP contribution in [0.1, 0.15) is 21.5 Å². The lowest BCUT2D eigenvalue weighted by Crippen LogP contribution is -2.18. The Bertz CT molecular complexity index is 1180. The predicted molar refractivity (Wildman–Crippen MR) is 126 cm³/mol. The van der Waals surface area contributed by atoms with Crippen LogP contribution in [-0.2, 0) is 6.61 Å². The van der Waals surface area contributed by atoms with Crippen molar-refractivity contribution in [3.63, 3.8) is 0 Å². The molecule has 3 aromatic rings. The number of carbonyl (C=O) groups is 1. The van der Waals surface area contributed by atoms with Crippen molar-refractivity contribution in [2.45, 2.75) is 6.61 Å². The van der Waals surface area contributed by atoms with Crippen LogP contribution in [0.4, 0.5) is 5.69 Å². The number of hydrazone groups is 1. The summed E-state index contributed by atoms with van der Waals surface area (Å²) in [6.45, 7) is 0.373. The van der Waals surface area contributed by atoms with E-state index >= 15 is 0 Å². The molecule has 0 bridgehead atoms. The summed E-state index contributed by atoms with van der Waals surface area (Å²) >= 11 is 3.40. The van der Waals surface area contributed by atoms with E-state index in [4.69, 9.17) is 14.2 Å². The molecule has 0 aliphatic rings. The van der Waals surface area contributed by atoms with Crippen LogP contribution < -0.4 is 19.6 Å². The summed E-state index contributed by atoms with van der Waals surface area (Å²) in [5.74, 6) is 0.612. The second kappa shape index (κ2) is 11.1. The minimum atomic E-state index is -0.645. The summed E-state index contributed by atoms with van der Waals surface area (Å²) in [4.78, 5) is 22.8. The van der Waals surface area contributed by atoms with E-state index in [1.165, 1.54) is 32.6 Å². The van der Waals surface area contributed by atoms with Gasteiger partial charge >= 0.3 is 0 Å². The van der Waals surface area contributed by atoms with Crippen LogP contribution in [0, 0.1) is 10.1 Å². The number of hydrogen-bond acceptors (Lipinski definition) is 7. The zero-order chi connectivity index (χ0) is 23.8. The lowest BCUT2D eigenvalue weighted by molar-refractivity contribution is -0.384. The highest BCUT2D eigenvalue weighted by Gasteiger charge is 2.17. The highest BCUT2D eigenvalue weighted by Crippen LogP contribution is 2.28. The first-order chi connectivity index (χ1) is 15.9. The maximum Gasteiger partial charge on any atom is 0.275 e. The number of nitro benzene ring substituents is 1. The zero-order valence-corrected chi connectivity index (χ0v) is 19.4. The molecule has 3 rings (SSSR count). The van der Waals surface area contributed by atoms with Gasteiger partial charge in [-0.3, -0.25) is 14.9 Å². The molecule has 9 nitrogen and oxygen atoms in total. The Balaban J connectivity index is 1.67. The molecule has 0 aliphatic carbocycles. The molecule has 33 heavy (non-hydrogen) atoms. The van der Waals surface area contributed by atoms with Gasteiger partial charge in [-0.1, -0.05) is 28.1 Å². The molecule has 0 unspecified atom stereocenters. The lowest BCUT2D eigenvalue weighted by Gasteiger charge is -2.11. The van der Waals surface area contributed by atoms with Crippen LogP contribution in [0.2, 0.25) is 0 Å². The first-order valence-corrected chi connectivity index (χ1v) is 10.4. The van der Waals surface area contributed by atoms with Gasteiger partial charge in [0.15, 0.2) is 11.5 Å². The molecule has 0 saturated carbocycles. The normalized spacial score (nSPS) is 10.6. The molecule has 0 spiro atoms. The molecule has 1 N–H and O–H groups in total. The number of ether oxygens (including phenoxy) is 3. The van der Waals surface area contributed by atoms with Crippen molar-refractivity contribution in [3.8, 4) is 17.2 Å². The number of methoxy groups -OCH3 is 2. The van der Waals surface area contributed by atoms with Crippen molar-refractivity contribution in [2.75, 3.05) is 14.2 Å². The Morgan fingerprint density at radius 1 is 1.03 bits per heavy atom. The van der Waals surface area contributed by atoms with E-state index < -0.39 is 10.8 Å². The molecule has 3 aromatic carbocycles. The smallest absolute Gasteiger partial charge is 0.275 e. The van der Waals surface area contributed by atoms with Crippen LogP contribution in [0.15, 0.2) is 70.2 Å². The second-order valence-electron chi connectivity index (χ2n) is 6.67. The summed E-state index contributed by atoms with van der Waals surface area (Å²) in [5, 5.41) is 14.9. The number of amides is 1. The summed E-state index contributed by atoms with van der Waals surface area (Å²) in [7, 11) is 2.90. The zero-order valence-electron chi connectivity index (χ0n) is 17.8. The van der Waals surface area contributed by atoms with Crippen molar-refractivity contribution < 1.29 is 23.9 Å². The van der Waals surface area contributed by atoms with Gasteiger partial charge in [-0.25, -0.2) is 5.43 Å². The summed E-state index contributed by atoms with van der Waals surface area (Å²) in [6, 6.07) is 16.7. The quantitative estimate of drug-likeness (QED) is 0.251. The van der Waals surface area contributed by atoms with Gasteiger partial charge < -0.3 is 14.2 Å². The highest BCUT2D eigenvalue weighted by molar-refractivity contribution is 9.10. The standard InChI is InChI=1S/C23H20BrN3O6/c1-31-20-10-8-18(27(29)30)12-19(20)23(28)26-25-13-16-5-9-21(22(11-16)32-2)33-14-15-3-6-17(24)7-4-15/h3-13H,14H2,1-2H3,(H,26,28)/b25-13-. The number of nitrogens with zero attached hydrogens (tertiary/aromatic N) is 2. The third kappa shape index (κ3) is 6.30. The summed E-state index contributed by atoms with van der Waals surface area (Å²) in [6.07, 6.45) is 1.42. The molecule has 0 atom stereocenters. The van der Waals surface area contributed by atoms with E-state index in [0.717, 1.165) is 16.1 Å². The molecule has 0 aromatic heterocycles. The fraction of sp³-hybridized carbons (Fsp3) is 0.130. The predicted octanol–water partition coefficient (Wildman–Crippen LogP) is 4.72. The minimum absolute atomic E-state index is 0.00174. The highest BCUT2D eigenvalue weighted by atomic mass is 79.9. The number of carbonyl (C=O) groups excluding carboxylic acids is 1. The second-order valence-corrected chi connectivity index (χ2v) is 7.58. The number of hydrogen-bond donors (Lipinski definition) is 1. The van der Waals surface area contributed by atoms with Crippen molar-refractivity contribution in [1.82, 2.24) is 5.43 Å². The van der Waals surface area contributed by atoms with Gasteiger partial charge in [-0.15, -0.1) is 0 Å². The van der Waals surface area contributed by atoms with Crippen LogP contribution in [0.3, 0.4) is 0 Å². The molecule has 0 fully saturated rings. The maximum atomic E-state index is 12.4. The molecule has 1 amide bonds. The number of non-ortho nitro benzene ring substituents is 1. The van der Waals surface area contributed by atoms with Crippen molar-refractivity contribution in [3.05, 3.63) is 91.9 Å². The van der Waals surface area contributed by atoms with Crippen LogP contribution >= 0.6 is 15.9 Å². The Labute approximate surface area is 198 Å². The minimum Gasteiger partial charge on any atom is -0.496 e. The van der Waals surface area contributed by atoms with Gasteiger partial charge in [0, 0.05) is 16.6 Å².